The van der Waals surface area contributed by atoms with Crippen molar-refractivity contribution in [1.82, 2.24) is 20.3 Å². The second-order valence-corrected chi connectivity index (χ2v) is 11.1. The molecule has 1 N–H and O–H groups in total. The van der Waals surface area contributed by atoms with Gasteiger partial charge in [0.2, 0.25) is 5.95 Å². The second kappa shape index (κ2) is 11.3. The van der Waals surface area contributed by atoms with Crippen molar-refractivity contribution in [3.63, 3.8) is 0 Å². The molecule has 3 heterocycles. The molecular formula is C34H33N5O2. The summed E-state index contributed by atoms with van der Waals surface area (Å²) >= 11 is 0. The van der Waals surface area contributed by atoms with E-state index in [0.717, 1.165) is 73.7 Å². The molecule has 2 aromatic carbocycles. The molecule has 41 heavy (non-hydrogen) atoms. The summed E-state index contributed by atoms with van der Waals surface area (Å²) in [5.74, 6) is 0.680. The third-order valence-electron chi connectivity index (χ3n) is 8.30. The molecule has 4 aromatic rings. The van der Waals surface area contributed by atoms with Gasteiger partial charge in [-0.1, -0.05) is 48.0 Å². The lowest BCUT2D eigenvalue weighted by Gasteiger charge is -2.29. The van der Waals surface area contributed by atoms with Gasteiger partial charge in [0.15, 0.2) is 0 Å². The fraction of sp³-hybridized carbons (Fsp3) is 0.294. The number of pyridine rings is 1. The molecule has 2 aliphatic carbocycles. The van der Waals surface area contributed by atoms with Crippen LogP contribution < -0.4 is 10.2 Å². The van der Waals surface area contributed by atoms with Crippen LogP contribution in [0.5, 0.6) is 0 Å². The molecule has 0 bridgehead atoms. The molecule has 7 rings (SSSR count). The van der Waals surface area contributed by atoms with Crippen LogP contribution in [-0.4, -0.2) is 53.2 Å². The Morgan fingerprint density at radius 1 is 0.951 bits per heavy atom. The molecule has 1 saturated heterocycles. The van der Waals surface area contributed by atoms with Gasteiger partial charge in [-0.2, -0.15) is 0 Å². The third kappa shape index (κ3) is 5.50. The molecule has 2 aromatic heterocycles. The largest absolute Gasteiger partial charge is 0.378 e. The van der Waals surface area contributed by atoms with Gasteiger partial charge in [0, 0.05) is 48.2 Å². The van der Waals surface area contributed by atoms with Crippen LogP contribution in [0.3, 0.4) is 0 Å². The monoisotopic (exact) mass is 543 g/mol. The number of rotatable bonds is 6. The van der Waals surface area contributed by atoms with Crippen molar-refractivity contribution >= 4 is 17.9 Å². The topological polar surface area (TPSA) is 80.2 Å². The highest BCUT2D eigenvalue weighted by Crippen LogP contribution is 2.34. The van der Waals surface area contributed by atoms with E-state index in [-0.39, 0.29) is 11.9 Å². The van der Waals surface area contributed by atoms with Gasteiger partial charge in [-0.25, -0.2) is 9.97 Å². The van der Waals surface area contributed by atoms with Crippen LogP contribution in [0.25, 0.3) is 17.3 Å². The molecule has 0 atom stereocenters. The van der Waals surface area contributed by atoms with Gasteiger partial charge >= 0.3 is 0 Å². The summed E-state index contributed by atoms with van der Waals surface area (Å²) in [4.78, 5) is 30.0. The molecule has 3 aliphatic rings. The van der Waals surface area contributed by atoms with Crippen LogP contribution in [0, 0.1) is 0 Å². The lowest BCUT2D eigenvalue weighted by Crippen LogP contribution is -2.37. The highest BCUT2D eigenvalue weighted by Gasteiger charge is 2.25. The Balaban J connectivity index is 1.20. The normalized spacial score (nSPS) is 16.6. The van der Waals surface area contributed by atoms with Crippen LogP contribution in [0.15, 0.2) is 78.6 Å². The average Bonchev–Trinajstić information content (AvgIpc) is 3.44. The summed E-state index contributed by atoms with van der Waals surface area (Å²) in [6.45, 7) is 2.85. The Kier molecular flexibility index (Phi) is 7.03. The summed E-state index contributed by atoms with van der Waals surface area (Å²) < 4.78 is 5.59. The summed E-state index contributed by atoms with van der Waals surface area (Å²) in [5.41, 5.74) is 9.82. The molecule has 0 saturated carbocycles. The Bertz CT molecular complexity index is 1590. The smallest absolute Gasteiger partial charge is 0.251 e. The molecule has 0 unspecified atom stereocenters. The van der Waals surface area contributed by atoms with Crippen LogP contribution in [-0.2, 0) is 30.4 Å². The molecule has 7 heteroatoms. The molecule has 1 fully saturated rings. The van der Waals surface area contributed by atoms with Crippen LogP contribution in [0.2, 0.25) is 0 Å². The standard InChI is InChI=1S/C34H33N5O2/c40-33(36-29-20-25-6-1-2-7-26(25)21-29)28-9-3-8-27(19-28)32-30-11-10-23(17-24-5-4-12-35-22-24)18-31(30)37-34(38-32)39-13-15-41-16-14-39/h1-9,12,18-19,22,29H,10-11,13-17,20-21H2,(H,36,40). The third-order valence-corrected chi connectivity index (χ3v) is 8.30. The Morgan fingerprint density at radius 3 is 2.56 bits per heavy atom. The minimum absolute atomic E-state index is 0.0420. The number of amides is 1. The first-order chi connectivity index (χ1) is 20.2. The van der Waals surface area contributed by atoms with Gasteiger partial charge in [-0.05, 0) is 73.1 Å². The molecule has 206 valence electrons. The van der Waals surface area contributed by atoms with E-state index in [9.17, 15) is 4.79 Å². The van der Waals surface area contributed by atoms with Crippen molar-refractivity contribution in [3.05, 3.63) is 112 Å². The van der Waals surface area contributed by atoms with Crippen LogP contribution in [0.4, 0.5) is 5.95 Å². The number of fused-ring (bicyclic) bond motifs is 2. The zero-order valence-corrected chi connectivity index (χ0v) is 23.1. The molecular weight excluding hydrogens is 510 g/mol. The Labute approximate surface area is 240 Å². The number of anilines is 1. The number of nitrogens with one attached hydrogen (secondary N) is 1. The van der Waals surface area contributed by atoms with E-state index < -0.39 is 0 Å². The number of allylic oxidation sites excluding steroid dienone is 1. The van der Waals surface area contributed by atoms with Crippen molar-refractivity contribution in [2.45, 2.75) is 38.1 Å². The summed E-state index contributed by atoms with van der Waals surface area (Å²) in [7, 11) is 0. The van der Waals surface area contributed by atoms with Gasteiger partial charge in [0.1, 0.15) is 0 Å². The Morgan fingerprint density at radius 2 is 1.78 bits per heavy atom. The van der Waals surface area contributed by atoms with Gasteiger partial charge in [-0.15, -0.1) is 0 Å². The van der Waals surface area contributed by atoms with Crippen molar-refractivity contribution in [1.29, 1.82) is 0 Å². The number of nitrogens with zero attached hydrogens (tertiary/aromatic N) is 4. The van der Waals surface area contributed by atoms with E-state index in [2.05, 4.69) is 57.7 Å². The summed E-state index contributed by atoms with van der Waals surface area (Å²) in [6, 6.07) is 20.6. The SMILES string of the molecule is O=C(NC1Cc2ccccc2C1)c1cccc(-c2nc(N3CCOCC3)nc3c2CCC(Cc2cccnc2)=C3)c1. The predicted molar refractivity (Wildman–Crippen MR) is 160 cm³/mol. The molecule has 1 amide bonds. The fourth-order valence-corrected chi connectivity index (χ4v) is 6.19. The molecule has 1 aliphatic heterocycles. The summed E-state index contributed by atoms with van der Waals surface area (Å²) in [6.07, 6.45) is 10.4. The number of aromatic nitrogens is 3. The minimum Gasteiger partial charge on any atom is -0.378 e. The van der Waals surface area contributed by atoms with E-state index in [1.165, 1.54) is 22.3 Å². The number of carbonyl (C=O) groups excluding carboxylic acids is 1. The maximum absolute atomic E-state index is 13.4. The highest BCUT2D eigenvalue weighted by molar-refractivity contribution is 5.95. The van der Waals surface area contributed by atoms with E-state index >= 15 is 0 Å². The number of morpholine rings is 1. The van der Waals surface area contributed by atoms with E-state index in [0.29, 0.717) is 18.8 Å². The highest BCUT2D eigenvalue weighted by atomic mass is 16.5. The van der Waals surface area contributed by atoms with E-state index in [1.807, 2.05) is 36.7 Å². The average molecular weight is 544 g/mol. The number of benzene rings is 2. The quantitative estimate of drug-likeness (QED) is 0.375. The zero-order chi connectivity index (χ0) is 27.6. The van der Waals surface area contributed by atoms with E-state index in [1.54, 1.807) is 0 Å². The maximum Gasteiger partial charge on any atom is 0.251 e. The predicted octanol–water partition coefficient (Wildman–Crippen LogP) is 4.84. The fourth-order valence-electron chi connectivity index (χ4n) is 6.19. The number of carbonyl (C=O) groups is 1. The Hall–Kier alpha value is -4.36. The van der Waals surface area contributed by atoms with Gasteiger partial charge in [0.05, 0.1) is 24.6 Å². The first-order valence-corrected chi connectivity index (χ1v) is 14.5. The molecule has 7 nitrogen and oxygen atoms in total. The first-order valence-electron chi connectivity index (χ1n) is 14.5. The second-order valence-electron chi connectivity index (χ2n) is 11.1. The van der Waals surface area contributed by atoms with Crippen LogP contribution >= 0.6 is 0 Å². The van der Waals surface area contributed by atoms with Crippen molar-refractivity contribution < 1.29 is 9.53 Å². The molecule has 0 radical (unpaired) electrons. The van der Waals surface area contributed by atoms with Gasteiger partial charge < -0.3 is 15.0 Å². The lowest BCUT2D eigenvalue weighted by molar-refractivity contribution is 0.0938. The first kappa shape index (κ1) is 25.6. The van der Waals surface area contributed by atoms with Crippen molar-refractivity contribution in [2.24, 2.45) is 0 Å². The minimum atomic E-state index is -0.0420. The number of ether oxygens (including phenoxy) is 1. The number of hydrogen-bond donors (Lipinski definition) is 1. The zero-order valence-electron chi connectivity index (χ0n) is 23.1. The van der Waals surface area contributed by atoms with Crippen molar-refractivity contribution in [3.8, 4) is 11.3 Å². The van der Waals surface area contributed by atoms with Gasteiger partial charge in [0.25, 0.3) is 5.91 Å². The number of hydrogen-bond acceptors (Lipinski definition) is 6. The van der Waals surface area contributed by atoms with Crippen LogP contribution in [0.1, 0.15) is 44.7 Å². The van der Waals surface area contributed by atoms with Gasteiger partial charge in [-0.3, -0.25) is 9.78 Å². The molecule has 0 spiro atoms. The van der Waals surface area contributed by atoms with Crippen molar-refractivity contribution in [2.75, 3.05) is 31.2 Å². The van der Waals surface area contributed by atoms with E-state index in [4.69, 9.17) is 14.7 Å². The lowest BCUT2D eigenvalue weighted by atomic mass is 9.89. The summed E-state index contributed by atoms with van der Waals surface area (Å²) in [5, 5.41) is 3.27. The maximum atomic E-state index is 13.4.